The zero-order chi connectivity index (χ0) is 14.7. The molecule has 0 spiro atoms. The molecule has 112 valence electrons. The van der Waals surface area contributed by atoms with E-state index >= 15 is 0 Å². The minimum absolute atomic E-state index is 0.0174. The Labute approximate surface area is 115 Å². The molecular weight excluding hydrogens is 246 g/mol. The van der Waals surface area contributed by atoms with Crippen LogP contribution in [-0.4, -0.2) is 63.0 Å². The Bertz CT molecular complexity index is 271. The van der Waals surface area contributed by atoms with Gasteiger partial charge in [-0.3, -0.25) is 9.59 Å². The number of nitrogens with one attached hydrogen (secondary N) is 2. The molecule has 1 unspecified atom stereocenters. The molecule has 0 aliphatic heterocycles. The number of likely N-dealkylation sites (N-methyl/N-ethyl adjacent to an activating group) is 1. The van der Waals surface area contributed by atoms with Crippen molar-refractivity contribution >= 4 is 11.8 Å². The van der Waals surface area contributed by atoms with E-state index in [0.717, 1.165) is 12.8 Å². The second-order valence-electron chi connectivity index (χ2n) is 4.59. The lowest BCUT2D eigenvalue weighted by atomic mass is 10.1. The summed E-state index contributed by atoms with van der Waals surface area (Å²) in [5, 5.41) is 5.77. The molecule has 7 heteroatoms. The standard InChI is InChI=1S/C12H27N5O2/c1-17(2)11(18)9-16-12(19)10(5-3-6-13)15-8-4-7-14/h10,15H,3-9,13-14H2,1-2H3,(H,16,19). The largest absolute Gasteiger partial charge is 0.347 e. The van der Waals surface area contributed by atoms with Crippen LogP contribution in [0.4, 0.5) is 0 Å². The van der Waals surface area contributed by atoms with Gasteiger partial charge in [0.25, 0.3) is 0 Å². The molecule has 0 bridgehead atoms. The highest BCUT2D eigenvalue weighted by Crippen LogP contribution is 1.97. The van der Waals surface area contributed by atoms with Crippen LogP contribution < -0.4 is 22.1 Å². The van der Waals surface area contributed by atoms with Gasteiger partial charge < -0.3 is 27.0 Å². The molecule has 0 rings (SSSR count). The quantitative estimate of drug-likeness (QED) is 0.352. The maximum atomic E-state index is 12.0. The van der Waals surface area contributed by atoms with E-state index in [0.29, 0.717) is 26.1 Å². The van der Waals surface area contributed by atoms with Crippen molar-refractivity contribution in [2.45, 2.75) is 25.3 Å². The number of hydrogen-bond acceptors (Lipinski definition) is 5. The first-order chi connectivity index (χ1) is 9.02. The fraction of sp³-hybridized carbons (Fsp3) is 0.833. The van der Waals surface area contributed by atoms with Gasteiger partial charge in [-0.1, -0.05) is 0 Å². The molecule has 0 fully saturated rings. The normalized spacial score (nSPS) is 12.0. The molecule has 19 heavy (non-hydrogen) atoms. The molecule has 0 heterocycles. The highest BCUT2D eigenvalue weighted by molar-refractivity contribution is 5.87. The number of hydrogen-bond donors (Lipinski definition) is 4. The van der Waals surface area contributed by atoms with Crippen LogP contribution in [0.15, 0.2) is 0 Å². The van der Waals surface area contributed by atoms with Gasteiger partial charge in [0.15, 0.2) is 0 Å². The Balaban J connectivity index is 4.16. The van der Waals surface area contributed by atoms with Gasteiger partial charge in [0.2, 0.25) is 11.8 Å². The van der Waals surface area contributed by atoms with Crippen molar-refractivity contribution in [1.29, 1.82) is 0 Å². The highest BCUT2D eigenvalue weighted by Gasteiger charge is 2.17. The van der Waals surface area contributed by atoms with Crippen molar-refractivity contribution < 1.29 is 9.59 Å². The topological polar surface area (TPSA) is 113 Å². The maximum Gasteiger partial charge on any atom is 0.241 e. The second-order valence-corrected chi connectivity index (χ2v) is 4.59. The molecule has 2 amide bonds. The van der Waals surface area contributed by atoms with Gasteiger partial charge in [-0.05, 0) is 38.9 Å². The van der Waals surface area contributed by atoms with E-state index < -0.39 is 0 Å². The Kier molecular flexibility index (Phi) is 10.1. The Morgan fingerprint density at radius 1 is 1.16 bits per heavy atom. The number of nitrogens with two attached hydrogens (primary N) is 2. The van der Waals surface area contributed by atoms with Crippen LogP contribution in [0.1, 0.15) is 19.3 Å². The third-order valence-electron chi connectivity index (χ3n) is 2.70. The lowest BCUT2D eigenvalue weighted by Crippen LogP contribution is -2.47. The number of nitrogens with zero attached hydrogens (tertiary/aromatic N) is 1. The summed E-state index contributed by atoms with van der Waals surface area (Å²) in [7, 11) is 3.31. The predicted molar refractivity (Wildman–Crippen MR) is 75.5 cm³/mol. The fourth-order valence-corrected chi connectivity index (χ4v) is 1.47. The summed E-state index contributed by atoms with van der Waals surface area (Å²) in [5.41, 5.74) is 10.9. The molecule has 7 nitrogen and oxygen atoms in total. The van der Waals surface area contributed by atoms with Crippen molar-refractivity contribution in [2.24, 2.45) is 11.5 Å². The van der Waals surface area contributed by atoms with E-state index in [1.807, 2.05) is 0 Å². The van der Waals surface area contributed by atoms with Crippen molar-refractivity contribution in [3.8, 4) is 0 Å². The van der Waals surface area contributed by atoms with E-state index in [1.165, 1.54) is 4.90 Å². The van der Waals surface area contributed by atoms with Crippen LogP contribution in [0.5, 0.6) is 0 Å². The van der Waals surface area contributed by atoms with Crippen molar-refractivity contribution in [3.05, 3.63) is 0 Å². The average molecular weight is 273 g/mol. The van der Waals surface area contributed by atoms with Gasteiger partial charge in [-0.2, -0.15) is 0 Å². The lowest BCUT2D eigenvalue weighted by Gasteiger charge is -2.18. The molecule has 0 saturated carbocycles. The van der Waals surface area contributed by atoms with E-state index in [1.54, 1.807) is 14.1 Å². The molecular formula is C12H27N5O2. The van der Waals surface area contributed by atoms with Crippen LogP contribution in [-0.2, 0) is 9.59 Å². The fourth-order valence-electron chi connectivity index (χ4n) is 1.47. The zero-order valence-electron chi connectivity index (χ0n) is 11.9. The van der Waals surface area contributed by atoms with E-state index in [2.05, 4.69) is 10.6 Å². The minimum Gasteiger partial charge on any atom is -0.347 e. The molecule has 0 aromatic rings. The molecule has 0 aliphatic carbocycles. The summed E-state index contributed by atoms with van der Waals surface area (Å²) in [6.45, 7) is 1.82. The van der Waals surface area contributed by atoms with Gasteiger partial charge in [0.1, 0.15) is 0 Å². The smallest absolute Gasteiger partial charge is 0.241 e. The van der Waals surface area contributed by atoms with E-state index in [9.17, 15) is 9.59 Å². The monoisotopic (exact) mass is 273 g/mol. The van der Waals surface area contributed by atoms with E-state index in [4.69, 9.17) is 11.5 Å². The highest BCUT2D eigenvalue weighted by atomic mass is 16.2. The Morgan fingerprint density at radius 3 is 2.32 bits per heavy atom. The van der Waals surface area contributed by atoms with Gasteiger partial charge in [-0.15, -0.1) is 0 Å². The first-order valence-corrected chi connectivity index (χ1v) is 6.64. The molecule has 0 aromatic heterocycles. The molecule has 0 saturated heterocycles. The Morgan fingerprint density at radius 2 is 1.79 bits per heavy atom. The number of carbonyl (C=O) groups excluding carboxylic acids is 2. The first kappa shape index (κ1) is 17.8. The van der Waals surface area contributed by atoms with Crippen LogP contribution in [0, 0.1) is 0 Å². The molecule has 0 aliphatic rings. The minimum atomic E-state index is -0.315. The Hall–Kier alpha value is -1.18. The third kappa shape index (κ3) is 8.52. The van der Waals surface area contributed by atoms with Gasteiger partial charge in [-0.25, -0.2) is 0 Å². The number of carbonyl (C=O) groups is 2. The van der Waals surface area contributed by atoms with E-state index in [-0.39, 0.29) is 24.4 Å². The SMILES string of the molecule is CN(C)C(=O)CNC(=O)C(CCCN)NCCCN. The molecule has 1 atom stereocenters. The van der Waals surface area contributed by atoms with Crippen molar-refractivity contribution in [1.82, 2.24) is 15.5 Å². The summed E-state index contributed by atoms with van der Waals surface area (Å²) in [4.78, 5) is 24.8. The van der Waals surface area contributed by atoms with Crippen LogP contribution >= 0.6 is 0 Å². The molecule has 0 radical (unpaired) electrons. The summed E-state index contributed by atoms with van der Waals surface area (Å²) >= 11 is 0. The van der Waals surface area contributed by atoms with Gasteiger partial charge >= 0.3 is 0 Å². The zero-order valence-corrected chi connectivity index (χ0v) is 11.9. The summed E-state index contributed by atoms with van der Waals surface area (Å²) in [6, 6.07) is -0.315. The van der Waals surface area contributed by atoms with Crippen LogP contribution in [0.3, 0.4) is 0 Å². The summed E-state index contributed by atoms with van der Waals surface area (Å²) in [5.74, 6) is -0.298. The summed E-state index contributed by atoms with van der Waals surface area (Å²) in [6.07, 6.45) is 2.22. The van der Waals surface area contributed by atoms with Crippen molar-refractivity contribution in [2.75, 3.05) is 40.3 Å². The first-order valence-electron chi connectivity index (χ1n) is 6.64. The third-order valence-corrected chi connectivity index (χ3v) is 2.70. The molecule has 6 N–H and O–H groups in total. The maximum absolute atomic E-state index is 12.0. The number of amides is 2. The number of rotatable bonds is 10. The predicted octanol–water partition coefficient (Wildman–Crippen LogP) is -1.76. The van der Waals surface area contributed by atoms with Crippen LogP contribution in [0.25, 0.3) is 0 Å². The van der Waals surface area contributed by atoms with Crippen molar-refractivity contribution in [3.63, 3.8) is 0 Å². The average Bonchev–Trinajstić information content (AvgIpc) is 2.39. The lowest BCUT2D eigenvalue weighted by molar-refractivity contribution is -0.131. The van der Waals surface area contributed by atoms with Crippen LogP contribution in [0.2, 0.25) is 0 Å². The second kappa shape index (κ2) is 10.7. The van der Waals surface area contributed by atoms with Gasteiger partial charge in [0, 0.05) is 14.1 Å². The summed E-state index contributed by atoms with van der Waals surface area (Å²) < 4.78 is 0. The molecule has 0 aromatic carbocycles. The van der Waals surface area contributed by atoms with Gasteiger partial charge in [0.05, 0.1) is 12.6 Å².